The summed E-state index contributed by atoms with van der Waals surface area (Å²) >= 11 is 0. The second-order valence-electron chi connectivity index (χ2n) is 9.85. The molecule has 5 aromatic rings. The SMILES string of the molecule is C=C1c2ccccc2ON(c2cccc(N3c4ccccc4C4c5ccccc5OC43)c2)c2ccccc21. The van der Waals surface area contributed by atoms with Gasteiger partial charge in [0.05, 0.1) is 17.3 Å². The normalized spacial score (nSPS) is 18.4. The minimum atomic E-state index is -0.141. The Morgan fingerprint density at radius 3 is 2.11 bits per heavy atom. The fourth-order valence-corrected chi connectivity index (χ4v) is 6.07. The van der Waals surface area contributed by atoms with Gasteiger partial charge in [-0.2, -0.15) is 5.06 Å². The molecule has 3 aliphatic rings. The highest BCUT2D eigenvalue weighted by Crippen LogP contribution is 2.54. The van der Waals surface area contributed by atoms with E-state index in [2.05, 4.69) is 96.4 Å². The average molecular weight is 493 g/mol. The van der Waals surface area contributed by atoms with Gasteiger partial charge in [-0.05, 0) is 53.6 Å². The van der Waals surface area contributed by atoms with Crippen molar-refractivity contribution < 1.29 is 9.57 Å². The van der Waals surface area contributed by atoms with E-state index >= 15 is 0 Å². The van der Waals surface area contributed by atoms with Gasteiger partial charge in [-0.1, -0.05) is 85.4 Å². The number of fused-ring (bicyclic) bond motifs is 7. The van der Waals surface area contributed by atoms with Crippen LogP contribution in [0, 0.1) is 0 Å². The summed E-state index contributed by atoms with van der Waals surface area (Å²) in [4.78, 5) is 8.91. The third kappa shape index (κ3) is 2.97. The van der Waals surface area contributed by atoms with Gasteiger partial charge < -0.3 is 14.5 Å². The smallest absolute Gasteiger partial charge is 0.187 e. The summed E-state index contributed by atoms with van der Waals surface area (Å²) in [6.07, 6.45) is -0.141. The van der Waals surface area contributed by atoms with Crippen LogP contribution >= 0.6 is 0 Å². The van der Waals surface area contributed by atoms with E-state index in [1.807, 2.05) is 41.5 Å². The predicted octanol–water partition coefficient (Wildman–Crippen LogP) is 8.20. The molecule has 0 aliphatic carbocycles. The van der Waals surface area contributed by atoms with Crippen molar-refractivity contribution in [1.82, 2.24) is 0 Å². The number of rotatable bonds is 2. The molecule has 2 unspecified atom stereocenters. The molecule has 38 heavy (non-hydrogen) atoms. The highest BCUT2D eigenvalue weighted by Gasteiger charge is 2.47. The van der Waals surface area contributed by atoms with E-state index in [9.17, 15) is 0 Å². The number of para-hydroxylation sites is 4. The fraction of sp³-hybridized carbons (Fsp3) is 0.0588. The Bertz CT molecular complexity index is 1740. The van der Waals surface area contributed by atoms with Gasteiger partial charge in [0.1, 0.15) is 5.75 Å². The molecule has 0 aromatic heterocycles. The van der Waals surface area contributed by atoms with Crippen LogP contribution in [-0.4, -0.2) is 6.23 Å². The lowest BCUT2D eigenvalue weighted by Crippen LogP contribution is -2.32. The number of hydrogen-bond acceptors (Lipinski definition) is 4. The number of anilines is 4. The maximum atomic E-state index is 6.59. The van der Waals surface area contributed by atoms with E-state index in [0.29, 0.717) is 0 Å². The van der Waals surface area contributed by atoms with Crippen molar-refractivity contribution in [3.8, 4) is 11.5 Å². The zero-order valence-electron chi connectivity index (χ0n) is 20.6. The van der Waals surface area contributed by atoms with Crippen LogP contribution in [0.25, 0.3) is 5.57 Å². The molecule has 4 heteroatoms. The number of nitrogens with zero attached hydrogens (tertiary/aromatic N) is 2. The number of benzene rings is 5. The van der Waals surface area contributed by atoms with Gasteiger partial charge in [0.15, 0.2) is 12.0 Å². The molecule has 2 atom stereocenters. The Hall–Kier alpha value is -4.96. The van der Waals surface area contributed by atoms with Gasteiger partial charge in [0.2, 0.25) is 0 Å². The third-order valence-electron chi connectivity index (χ3n) is 7.76. The van der Waals surface area contributed by atoms with Crippen LogP contribution in [0.5, 0.6) is 11.5 Å². The van der Waals surface area contributed by atoms with E-state index in [0.717, 1.165) is 45.3 Å². The van der Waals surface area contributed by atoms with E-state index < -0.39 is 0 Å². The number of hydrogen-bond donors (Lipinski definition) is 0. The molecule has 8 rings (SSSR count). The zero-order valence-corrected chi connectivity index (χ0v) is 20.6. The highest BCUT2D eigenvalue weighted by atomic mass is 16.7. The first-order valence-corrected chi connectivity index (χ1v) is 12.9. The van der Waals surface area contributed by atoms with Crippen molar-refractivity contribution in [2.45, 2.75) is 12.1 Å². The van der Waals surface area contributed by atoms with Crippen LogP contribution in [0.15, 0.2) is 128 Å². The molecule has 0 saturated heterocycles. The molecule has 3 heterocycles. The van der Waals surface area contributed by atoms with Crippen LogP contribution in [0.3, 0.4) is 0 Å². The first-order valence-electron chi connectivity index (χ1n) is 12.9. The molecule has 0 radical (unpaired) electrons. The van der Waals surface area contributed by atoms with Crippen LogP contribution in [0.1, 0.15) is 28.2 Å². The van der Waals surface area contributed by atoms with E-state index in [1.54, 1.807) is 0 Å². The lowest BCUT2D eigenvalue weighted by atomic mass is 9.93. The van der Waals surface area contributed by atoms with Crippen molar-refractivity contribution in [2.75, 3.05) is 9.96 Å². The van der Waals surface area contributed by atoms with E-state index in [4.69, 9.17) is 9.57 Å². The van der Waals surface area contributed by atoms with Gasteiger partial charge in [-0.25, -0.2) is 0 Å². The Morgan fingerprint density at radius 2 is 1.24 bits per heavy atom. The molecular weight excluding hydrogens is 468 g/mol. The predicted molar refractivity (Wildman–Crippen MR) is 152 cm³/mol. The summed E-state index contributed by atoms with van der Waals surface area (Å²) < 4.78 is 6.57. The quantitative estimate of drug-likeness (QED) is 0.248. The maximum Gasteiger partial charge on any atom is 0.187 e. The van der Waals surface area contributed by atoms with Crippen molar-refractivity contribution in [3.63, 3.8) is 0 Å². The highest BCUT2D eigenvalue weighted by molar-refractivity contribution is 5.90. The monoisotopic (exact) mass is 492 g/mol. The van der Waals surface area contributed by atoms with Crippen LogP contribution in [0.2, 0.25) is 0 Å². The topological polar surface area (TPSA) is 24.9 Å². The summed E-state index contributed by atoms with van der Waals surface area (Å²) in [6.45, 7) is 4.42. The fourth-order valence-electron chi connectivity index (χ4n) is 6.07. The van der Waals surface area contributed by atoms with Crippen LogP contribution in [-0.2, 0) is 0 Å². The van der Waals surface area contributed by atoms with Crippen molar-refractivity contribution in [1.29, 1.82) is 0 Å². The molecule has 5 aromatic carbocycles. The molecule has 0 bridgehead atoms. The molecule has 0 N–H and O–H groups in total. The Kier molecular flexibility index (Phi) is 4.47. The lowest BCUT2D eigenvalue weighted by molar-refractivity contribution is 0.234. The molecule has 0 saturated carbocycles. The minimum Gasteiger partial charge on any atom is -0.469 e. The summed E-state index contributed by atoms with van der Waals surface area (Å²) in [6, 6.07) is 41.8. The van der Waals surface area contributed by atoms with E-state index in [1.165, 1.54) is 16.8 Å². The second-order valence-corrected chi connectivity index (χ2v) is 9.85. The molecule has 0 spiro atoms. The summed E-state index contributed by atoms with van der Waals surface area (Å²) in [5, 5.41) is 1.92. The summed E-state index contributed by atoms with van der Waals surface area (Å²) in [5.41, 5.74) is 9.61. The molecule has 3 aliphatic heterocycles. The molecule has 0 fully saturated rings. The molecule has 0 amide bonds. The standard InChI is InChI=1S/C34H24N2O2/c1-22-25-13-2-7-18-30(25)36(38-32-20-9-4-14-26(22)32)24-12-10-11-23(21-24)35-29-17-6-3-15-27(29)33-28-16-5-8-19-31(28)37-34(33)35/h2-21,33-34H,1H2. The van der Waals surface area contributed by atoms with Crippen molar-refractivity contribution >= 4 is 28.3 Å². The van der Waals surface area contributed by atoms with Crippen molar-refractivity contribution in [2.24, 2.45) is 0 Å². The first kappa shape index (κ1) is 21.2. The molecular formula is C34H24N2O2. The largest absolute Gasteiger partial charge is 0.469 e. The number of ether oxygens (including phenoxy) is 1. The van der Waals surface area contributed by atoms with Gasteiger partial charge in [0.25, 0.3) is 0 Å². The van der Waals surface area contributed by atoms with Crippen LogP contribution in [0.4, 0.5) is 22.7 Å². The van der Waals surface area contributed by atoms with Gasteiger partial charge in [0, 0.05) is 28.1 Å². The van der Waals surface area contributed by atoms with Crippen LogP contribution < -0.4 is 19.5 Å². The minimum absolute atomic E-state index is 0.141. The Labute approximate surface area is 221 Å². The summed E-state index contributed by atoms with van der Waals surface area (Å²) in [7, 11) is 0. The zero-order chi connectivity index (χ0) is 25.2. The van der Waals surface area contributed by atoms with Gasteiger partial charge in [-0.3, -0.25) is 0 Å². The average Bonchev–Trinajstić information content (AvgIpc) is 3.46. The molecule has 4 nitrogen and oxygen atoms in total. The maximum absolute atomic E-state index is 6.59. The van der Waals surface area contributed by atoms with Crippen molar-refractivity contribution in [3.05, 3.63) is 150 Å². The van der Waals surface area contributed by atoms with E-state index in [-0.39, 0.29) is 12.1 Å². The van der Waals surface area contributed by atoms with Gasteiger partial charge >= 0.3 is 0 Å². The summed E-state index contributed by atoms with van der Waals surface area (Å²) in [5.74, 6) is 1.90. The van der Waals surface area contributed by atoms with Gasteiger partial charge in [-0.15, -0.1) is 0 Å². The lowest BCUT2D eigenvalue weighted by Gasteiger charge is -2.29. The Morgan fingerprint density at radius 1 is 0.579 bits per heavy atom. The Balaban J connectivity index is 1.26. The first-order chi connectivity index (χ1) is 18.8. The third-order valence-corrected chi connectivity index (χ3v) is 7.76. The molecule has 182 valence electrons. The second kappa shape index (κ2) is 8.02.